The molecule has 11 heteroatoms. The van der Waals surface area contributed by atoms with Crippen LogP contribution in [0.25, 0.3) is 0 Å². The minimum atomic E-state index is -3.89. The number of benzene rings is 3. The Morgan fingerprint density at radius 2 is 1.42 bits per heavy atom. The second-order valence-corrected chi connectivity index (χ2v) is 11.3. The van der Waals surface area contributed by atoms with Gasteiger partial charge in [-0.3, -0.25) is 18.8 Å². The maximum atomic E-state index is 13.1. The van der Waals surface area contributed by atoms with Gasteiger partial charge in [0.25, 0.3) is 26.0 Å². The molecule has 9 nitrogen and oxygen atoms in total. The minimum absolute atomic E-state index is 0.00144. The molecule has 3 aromatic carbocycles. The lowest BCUT2D eigenvalue weighted by Crippen LogP contribution is -2.29. The van der Waals surface area contributed by atoms with Crippen LogP contribution < -0.4 is 14.3 Å². The Labute approximate surface area is 209 Å². The Morgan fingerprint density at radius 1 is 0.750 bits per heavy atom. The number of para-hydroxylation sites is 1. The number of nitrogens with zero attached hydrogens (tertiary/aromatic N) is 2. The van der Waals surface area contributed by atoms with Crippen molar-refractivity contribution in [2.45, 2.75) is 9.79 Å². The molecule has 1 aromatic heterocycles. The fourth-order valence-electron chi connectivity index (χ4n) is 3.37. The van der Waals surface area contributed by atoms with Gasteiger partial charge in [0.1, 0.15) is 0 Å². The molecule has 0 aliphatic heterocycles. The van der Waals surface area contributed by atoms with Crippen molar-refractivity contribution < 1.29 is 21.6 Å². The molecule has 1 heterocycles. The Bertz CT molecular complexity index is 1580. The summed E-state index contributed by atoms with van der Waals surface area (Å²) in [5.74, 6) is -0.551. The summed E-state index contributed by atoms with van der Waals surface area (Å²) < 4.78 is 54.8. The molecule has 0 atom stereocenters. The van der Waals surface area contributed by atoms with Gasteiger partial charge in [0, 0.05) is 18.9 Å². The molecule has 1 amide bonds. The smallest absolute Gasteiger partial charge is 0.264 e. The first kappa shape index (κ1) is 24.9. The van der Waals surface area contributed by atoms with Gasteiger partial charge in [0.05, 0.1) is 32.9 Å². The van der Waals surface area contributed by atoms with Crippen LogP contribution in [0, 0.1) is 0 Å². The van der Waals surface area contributed by atoms with E-state index in [-0.39, 0.29) is 21.0 Å². The van der Waals surface area contributed by atoms with E-state index in [0.717, 1.165) is 4.31 Å². The highest BCUT2D eigenvalue weighted by Gasteiger charge is 2.25. The van der Waals surface area contributed by atoms with E-state index in [1.807, 2.05) is 0 Å². The number of carbonyl (C=O) groups is 1. The van der Waals surface area contributed by atoms with Crippen LogP contribution in [0.5, 0.6) is 0 Å². The zero-order valence-electron chi connectivity index (χ0n) is 19.1. The first-order valence-electron chi connectivity index (χ1n) is 10.7. The molecular formula is C25H22N4O5S2. The van der Waals surface area contributed by atoms with Gasteiger partial charge in [-0.1, -0.05) is 30.3 Å². The zero-order chi connectivity index (χ0) is 25.8. The first-order chi connectivity index (χ1) is 17.2. The van der Waals surface area contributed by atoms with Crippen LogP contribution in [0.1, 0.15) is 10.4 Å². The van der Waals surface area contributed by atoms with Gasteiger partial charge in [-0.25, -0.2) is 16.8 Å². The summed E-state index contributed by atoms with van der Waals surface area (Å²) in [6.45, 7) is 0. The van der Waals surface area contributed by atoms with Crippen molar-refractivity contribution in [2.75, 3.05) is 21.4 Å². The van der Waals surface area contributed by atoms with Crippen LogP contribution in [0.2, 0.25) is 0 Å². The van der Waals surface area contributed by atoms with Gasteiger partial charge in [0.15, 0.2) is 0 Å². The van der Waals surface area contributed by atoms with Crippen molar-refractivity contribution in [3.05, 3.63) is 109 Å². The van der Waals surface area contributed by atoms with Crippen molar-refractivity contribution in [2.24, 2.45) is 0 Å². The largest absolute Gasteiger partial charge is 0.322 e. The summed E-state index contributed by atoms with van der Waals surface area (Å²) in [5, 5.41) is 2.69. The van der Waals surface area contributed by atoms with Crippen LogP contribution in [0.4, 0.5) is 17.1 Å². The lowest BCUT2D eigenvalue weighted by Gasteiger charge is -2.22. The number of amides is 1. The van der Waals surface area contributed by atoms with Crippen molar-refractivity contribution in [1.29, 1.82) is 0 Å². The van der Waals surface area contributed by atoms with Gasteiger partial charge in [-0.15, -0.1) is 0 Å². The lowest BCUT2D eigenvalue weighted by molar-refractivity contribution is 0.102. The highest BCUT2D eigenvalue weighted by molar-refractivity contribution is 7.93. The molecule has 0 aliphatic rings. The number of nitrogens with one attached hydrogen (secondary N) is 2. The SMILES string of the molecule is CN(c1ccccc1C(=O)Nc1ccc(S(=O)(=O)Nc2cccnc2)cc1)S(=O)(=O)c1ccccc1. The number of aromatic nitrogens is 1. The quantitative estimate of drug-likeness (QED) is 0.361. The number of carbonyl (C=O) groups excluding carboxylic acids is 1. The Hall–Kier alpha value is -4.22. The maximum absolute atomic E-state index is 13.1. The van der Waals surface area contributed by atoms with Gasteiger partial charge >= 0.3 is 0 Å². The third-order valence-electron chi connectivity index (χ3n) is 5.23. The van der Waals surface area contributed by atoms with Gasteiger partial charge in [-0.2, -0.15) is 0 Å². The fraction of sp³-hybridized carbons (Fsp3) is 0.0400. The van der Waals surface area contributed by atoms with Gasteiger partial charge in [-0.05, 0) is 60.7 Å². The average molecular weight is 523 g/mol. The van der Waals surface area contributed by atoms with E-state index in [0.29, 0.717) is 11.4 Å². The van der Waals surface area contributed by atoms with Crippen molar-refractivity contribution in [3.63, 3.8) is 0 Å². The van der Waals surface area contributed by atoms with Crippen LogP contribution in [0.15, 0.2) is 113 Å². The molecule has 0 bridgehead atoms. The number of pyridine rings is 1. The third-order valence-corrected chi connectivity index (χ3v) is 8.41. The molecule has 2 N–H and O–H groups in total. The second kappa shape index (κ2) is 10.2. The average Bonchev–Trinajstić information content (AvgIpc) is 2.89. The van der Waals surface area contributed by atoms with Gasteiger partial charge in [0.2, 0.25) is 0 Å². The highest BCUT2D eigenvalue weighted by Crippen LogP contribution is 2.27. The Balaban J connectivity index is 1.54. The topological polar surface area (TPSA) is 126 Å². The number of rotatable bonds is 8. The van der Waals surface area contributed by atoms with E-state index in [4.69, 9.17) is 0 Å². The molecule has 184 valence electrons. The molecule has 0 unspecified atom stereocenters. The summed E-state index contributed by atoms with van der Waals surface area (Å²) in [5.41, 5.74) is 0.984. The fourth-order valence-corrected chi connectivity index (χ4v) is 5.65. The number of anilines is 3. The molecule has 0 saturated heterocycles. The standard InChI is InChI=1S/C25H22N4O5S2/c1-29(36(33,34)22-9-3-2-4-10-22)24-12-6-5-11-23(24)25(30)27-19-13-15-21(16-14-19)35(31,32)28-20-8-7-17-26-18-20/h2-18,28H,1H3,(H,27,30). The van der Waals surface area contributed by atoms with Gasteiger partial charge < -0.3 is 5.32 Å². The monoisotopic (exact) mass is 522 g/mol. The van der Waals surface area contributed by atoms with Crippen LogP contribution in [-0.2, 0) is 20.0 Å². The molecule has 4 aromatic rings. The number of hydrogen-bond donors (Lipinski definition) is 2. The second-order valence-electron chi connectivity index (χ2n) is 7.63. The number of sulfonamides is 2. The van der Waals surface area contributed by atoms with Crippen molar-refractivity contribution in [3.8, 4) is 0 Å². The molecule has 0 saturated carbocycles. The van der Waals surface area contributed by atoms with E-state index in [1.54, 1.807) is 42.5 Å². The van der Waals surface area contributed by atoms with Crippen molar-refractivity contribution in [1.82, 2.24) is 4.98 Å². The normalized spacial score (nSPS) is 11.5. The molecule has 4 rings (SSSR count). The summed E-state index contributed by atoms with van der Waals surface area (Å²) in [6, 6.07) is 23.0. The van der Waals surface area contributed by atoms with Crippen LogP contribution in [0.3, 0.4) is 0 Å². The van der Waals surface area contributed by atoms with Crippen molar-refractivity contribution >= 4 is 43.0 Å². The molecular weight excluding hydrogens is 500 g/mol. The van der Waals surface area contributed by atoms with E-state index in [2.05, 4.69) is 15.0 Å². The Kier molecular flexibility index (Phi) is 7.04. The van der Waals surface area contributed by atoms with Crippen LogP contribution >= 0.6 is 0 Å². The highest BCUT2D eigenvalue weighted by atomic mass is 32.2. The van der Waals surface area contributed by atoms with E-state index >= 15 is 0 Å². The predicted molar refractivity (Wildman–Crippen MR) is 138 cm³/mol. The predicted octanol–water partition coefficient (Wildman–Crippen LogP) is 3.96. The van der Waals surface area contributed by atoms with Crippen LogP contribution in [-0.4, -0.2) is 34.8 Å². The third kappa shape index (κ3) is 5.37. The molecule has 0 aliphatic carbocycles. The van der Waals surface area contributed by atoms with E-state index in [9.17, 15) is 21.6 Å². The summed E-state index contributed by atoms with van der Waals surface area (Å²) in [6.07, 6.45) is 2.92. The lowest BCUT2D eigenvalue weighted by atomic mass is 10.1. The molecule has 36 heavy (non-hydrogen) atoms. The zero-order valence-corrected chi connectivity index (χ0v) is 20.7. The molecule has 0 radical (unpaired) electrons. The summed E-state index contributed by atoms with van der Waals surface area (Å²) >= 11 is 0. The summed E-state index contributed by atoms with van der Waals surface area (Å²) in [7, 11) is -6.36. The Morgan fingerprint density at radius 3 is 2.08 bits per heavy atom. The first-order valence-corrected chi connectivity index (χ1v) is 13.6. The maximum Gasteiger partial charge on any atom is 0.264 e. The van der Waals surface area contributed by atoms with E-state index in [1.165, 1.54) is 68.0 Å². The number of hydrogen-bond acceptors (Lipinski definition) is 6. The molecule has 0 fully saturated rings. The molecule has 0 spiro atoms. The van der Waals surface area contributed by atoms with E-state index < -0.39 is 26.0 Å². The minimum Gasteiger partial charge on any atom is -0.322 e. The summed E-state index contributed by atoms with van der Waals surface area (Å²) in [4.78, 5) is 17.0.